The van der Waals surface area contributed by atoms with Crippen LogP contribution in [-0.2, 0) is 6.18 Å². The number of anilines is 1. The quantitative estimate of drug-likeness (QED) is 0.895. The van der Waals surface area contributed by atoms with Gasteiger partial charge in [0.1, 0.15) is 5.75 Å². The van der Waals surface area contributed by atoms with Gasteiger partial charge in [0.2, 0.25) is 0 Å². The van der Waals surface area contributed by atoms with Gasteiger partial charge in [0.15, 0.2) is 0 Å². The van der Waals surface area contributed by atoms with Gasteiger partial charge in [0.05, 0.1) is 24.5 Å². The molecular formula is C18H16F3NO3. The summed E-state index contributed by atoms with van der Waals surface area (Å²) in [6.07, 6.45) is -4.79. The van der Waals surface area contributed by atoms with Crippen molar-refractivity contribution in [2.75, 3.05) is 18.6 Å². The van der Waals surface area contributed by atoms with E-state index in [4.69, 9.17) is 4.74 Å². The fourth-order valence-electron chi connectivity index (χ4n) is 2.86. The minimum Gasteiger partial charge on any atom is -0.497 e. The van der Waals surface area contributed by atoms with Crippen LogP contribution in [0, 0.1) is 0 Å². The van der Waals surface area contributed by atoms with Crippen molar-refractivity contribution in [1.29, 1.82) is 0 Å². The Hall–Kier alpha value is -2.54. The van der Waals surface area contributed by atoms with E-state index in [1.807, 2.05) is 0 Å². The zero-order valence-corrected chi connectivity index (χ0v) is 13.4. The van der Waals surface area contributed by atoms with Crippen molar-refractivity contribution < 1.29 is 27.8 Å². The van der Waals surface area contributed by atoms with Crippen molar-refractivity contribution in [3.8, 4) is 5.75 Å². The first-order valence-corrected chi connectivity index (χ1v) is 7.66. The maximum absolute atomic E-state index is 12.8. The Bertz CT molecular complexity index is 787. The standard InChI is InChI=1S/C18H16F3NO3/c1-25-13-6-7-14-15(10-13)22(9-8-16(14)23)17(24)11-2-4-12(5-3-11)18(19,20)21/h2-7,10,16,23H,8-9H2,1H3. The van der Waals surface area contributed by atoms with Crippen LogP contribution in [0.5, 0.6) is 5.75 Å². The minimum absolute atomic E-state index is 0.151. The summed E-state index contributed by atoms with van der Waals surface area (Å²) < 4.78 is 43.1. The molecule has 2 aromatic carbocycles. The number of carbonyl (C=O) groups is 1. The fourth-order valence-corrected chi connectivity index (χ4v) is 2.86. The predicted octanol–water partition coefficient (Wildman–Crippen LogP) is 3.80. The highest BCUT2D eigenvalue weighted by molar-refractivity contribution is 6.07. The van der Waals surface area contributed by atoms with Crippen molar-refractivity contribution in [3.63, 3.8) is 0 Å². The number of aliphatic hydroxyl groups is 1. The number of hydrogen-bond acceptors (Lipinski definition) is 3. The Morgan fingerprint density at radius 2 is 1.88 bits per heavy atom. The maximum atomic E-state index is 12.8. The first kappa shape index (κ1) is 17.3. The summed E-state index contributed by atoms with van der Waals surface area (Å²) in [7, 11) is 1.49. The number of alkyl halides is 3. The third kappa shape index (κ3) is 3.32. The van der Waals surface area contributed by atoms with Crippen LogP contribution in [0.4, 0.5) is 18.9 Å². The molecule has 2 aromatic rings. The van der Waals surface area contributed by atoms with Gasteiger partial charge >= 0.3 is 6.18 Å². The van der Waals surface area contributed by atoms with Crippen molar-refractivity contribution in [2.24, 2.45) is 0 Å². The molecule has 3 rings (SSSR count). The first-order chi connectivity index (χ1) is 11.8. The van der Waals surface area contributed by atoms with Crippen LogP contribution in [0.3, 0.4) is 0 Å². The number of nitrogens with zero attached hydrogens (tertiary/aromatic N) is 1. The van der Waals surface area contributed by atoms with E-state index < -0.39 is 23.8 Å². The fraction of sp³-hybridized carbons (Fsp3) is 0.278. The third-order valence-electron chi connectivity index (χ3n) is 4.22. The second kappa shape index (κ2) is 6.40. The molecule has 0 fully saturated rings. The van der Waals surface area contributed by atoms with Gasteiger partial charge in [-0.2, -0.15) is 13.2 Å². The van der Waals surface area contributed by atoms with Crippen LogP contribution in [0.25, 0.3) is 0 Å². The topological polar surface area (TPSA) is 49.8 Å². The minimum atomic E-state index is -4.45. The molecule has 0 saturated carbocycles. The highest BCUT2D eigenvalue weighted by Gasteiger charge is 2.32. The lowest BCUT2D eigenvalue weighted by Crippen LogP contribution is -2.36. The van der Waals surface area contributed by atoms with E-state index in [-0.39, 0.29) is 12.1 Å². The average molecular weight is 351 g/mol. The molecular weight excluding hydrogens is 335 g/mol. The molecule has 1 unspecified atom stereocenters. The number of ether oxygens (including phenoxy) is 1. The average Bonchev–Trinajstić information content (AvgIpc) is 2.60. The Kier molecular flexibility index (Phi) is 4.43. The van der Waals surface area contributed by atoms with E-state index in [1.54, 1.807) is 18.2 Å². The van der Waals surface area contributed by atoms with Crippen LogP contribution in [0.1, 0.15) is 34.0 Å². The zero-order valence-electron chi connectivity index (χ0n) is 13.4. The van der Waals surface area contributed by atoms with Crippen LogP contribution < -0.4 is 9.64 Å². The maximum Gasteiger partial charge on any atom is 0.416 e. The number of amides is 1. The number of rotatable bonds is 2. The summed E-state index contributed by atoms with van der Waals surface area (Å²) in [5.41, 5.74) is 0.439. The molecule has 1 heterocycles. The molecule has 4 nitrogen and oxygen atoms in total. The molecule has 1 amide bonds. The number of hydrogen-bond donors (Lipinski definition) is 1. The largest absolute Gasteiger partial charge is 0.497 e. The summed E-state index contributed by atoms with van der Waals surface area (Å²) in [6.45, 7) is 0.265. The van der Waals surface area contributed by atoms with Crippen molar-refractivity contribution >= 4 is 11.6 Å². The lowest BCUT2D eigenvalue weighted by atomic mass is 9.97. The van der Waals surface area contributed by atoms with Crippen LogP contribution >= 0.6 is 0 Å². The number of fused-ring (bicyclic) bond motifs is 1. The number of methoxy groups -OCH3 is 1. The van der Waals surface area contributed by atoms with Gasteiger partial charge in [-0.05, 0) is 36.8 Å². The van der Waals surface area contributed by atoms with Gasteiger partial charge in [0, 0.05) is 23.7 Å². The van der Waals surface area contributed by atoms with Gasteiger partial charge in [0.25, 0.3) is 5.91 Å². The van der Waals surface area contributed by atoms with E-state index >= 15 is 0 Å². The van der Waals surface area contributed by atoms with Crippen molar-refractivity contribution in [3.05, 3.63) is 59.2 Å². The number of halogens is 3. The monoisotopic (exact) mass is 351 g/mol. The summed E-state index contributed by atoms with van der Waals surface area (Å²) >= 11 is 0. The normalized spacial score (nSPS) is 17.2. The van der Waals surface area contributed by atoms with Gasteiger partial charge in [-0.3, -0.25) is 4.79 Å². The molecule has 7 heteroatoms. The molecule has 25 heavy (non-hydrogen) atoms. The molecule has 1 aliphatic heterocycles. The molecule has 132 valence electrons. The molecule has 1 N–H and O–H groups in total. The molecule has 0 spiro atoms. The Labute approximate surface area is 142 Å². The molecule has 0 aromatic heterocycles. The zero-order chi connectivity index (χ0) is 18.2. The predicted molar refractivity (Wildman–Crippen MR) is 85.7 cm³/mol. The second-order valence-electron chi connectivity index (χ2n) is 5.76. The van der Waals surface area contributed by atoms with Gasteiger partial charge in [-0.15, -0.1) is 0 Å². The molecule has 0 bridgehead atoms. The van der Waals surface area contributed by atoms with Crippen LogP contribution in [-0.4, -0.2) is 24.7 Å². The molecule has 0 aliphatic carbocycles. The summed E-state index contributed by atoms with van der Waals surface area (Å²) in [6, 6.07) is 9.11. The van der Waals surface area contributed by atoms with Gasteiger partial charge in [-0.1, -0.05) is 6.07 Å². The van der Waals surface area contributed by atoms with Crippen LogP contribution in [0.15, 0.2) is 42.5 Å². The van der Waals surface area contributed by atoms with E-state index in [9.17, 15) is 23.1 Å². The number of carbonyl (C=O) groups excluding carboxylic acids is 1. The first-order valence-electron chi connectivity index (χ1n) is 7.66. The van der Waals surface area contributed by atoms with Crippen molar-refractivity contribution in [2.45, 2.75) is 18.7 Å². The van der Waals surface area contributed by atoms with E-state index in [0.717, 1.165) is 24.3 Å². The van der Waals surface area contributed by atoms with Gasteiger partial charge in [-0.25, -0.2) is 0 Å². The van der Waals surface area contributed by atoms with E-state index in [0.29, 0.717) is 23.4 Å². The molecule has 0 radical (unpaired) electrons. The molecule has 0 saturated heterocycles. The lowest BCUT2D eigenvalue weighted by molar-refractivity contribution is -0.137. The third-order valence-corrected chi connectivity index (χ3v) is 4.22. The number of aliphatic hydroxyl groups excluding tert-OH is 1. The van der Waals surface area contributed by atoms with Crippen LogP contribution in [0.2, 0.25) is 0 Å². The highest BCUT2D eigenvalue weighted by atomic mass is 19.4. The van der Waals surface area contributed by atoms with E-state index in [1.165, 1.54) is 12.0 Å². The smallest absolute Gasteiger partial charge is 0.416 e. The Balaban J connectivity index is 1.94. The molecule has 1 atom stereocenters. The highest BCUT2D eigenvalue weighted by Crippen LogP contribution is 2.37. The summed E-state index contributed by atoms with van der Waals surface area (Å²) in [4.78, 5) is 14.2. The van der Waals surface area contributed by atoms with Gasteiger partial charge < -0.3 is 14.7 Å². The van der Waals surface area contributed by atoms with Crippen molar-refractivity contribution in [1.82, 2.24) is 0 Å². The summed E-state index contributed by atoms with van der Waals surface area (Å²) in [5, 5.41) is 10.1. The second-order valence-corrected chi connectivity index (χ2v) is 5.76. The number of benzene rings is 2. The Morgan fingerprint density at radius 3 is 2.48 bits per heavy atom. The molecule has 1 aliphatic rings. The van der Waals surface area contributed by atoms with E-state index in [2.05, 4.69) is 0 Å². The Morgan fingerprint density at radius 1 is 1.20 bits per heavy atom. The lowest BCUT2D eigenvalue weighted by Gasteiger charge is -2.32. The SMILES string of the molecule is COc1ccc2c(c1)N(C(=O)c1ccc(C(F)(F)F)cc1)CCC2O. The summed E-state index contributed by atoms with van der Waals surface area (Å²) in [5.74, 6) is 0.105.